The van der Waals surface area contributed by atoms with Gasteiger partial charge in [-0.2, -0.15) is 0 Å². The zero-order valence-corrected chi connectivity index (χ0v) is 18.9. The van der Waals surface area contributed by atoms with Gasteiger partial charge in [-0.1, -0.05) is 90.4 Å². The molecule has 0 fully saturated rings. The van der Waals surface area contributed by atoms with Crippen LogP contribution in [0, 0.1) is 11.8 Å². The van der Waals surface area contributed by atoms with E-state index in [2.05, 4.69) is 0 Å². The van der Waals surface area contributed by atoms with Crippen molar-refractivity contribution in [1.29, 1.82) is 0 Å². The number of halogens is 6. The molecule has 0 aromatic rings. The summed E-state index contributed by atoms with van der Waals surface area (Å²) in [5, 5.41) is 39.0. The fraction of sp³-hybridized carbons (Fsp3) is 0.846. The van der Waals surface area contributed by atoms with Crippen LogP contribution in [-0.4, -0.2) is 75.0 Å². The van der Waals surface area contributed by atoms with Crippen molar-refractivity contribution in [3.05, 3.63) is 0 Å². The Balaban J connectivity index is 5.85. The molecule has 27 heavy (non-hydrogen) atoms. The topological polar surface area (TPSA) is 122 Å². The molecular weight excluding hydrogens is 493 g/mol. The lowest BCUT2D eigenvalue weighted by molar-refractivity contribution is -0.0471. The van der Waals surface area contributed by atoms with Crippen LogP contribution in [0.2, 0.25) is 0 Å². The minimum Gasteiger partial charge on any atom is -0.465 e. The Hall–Kier alpha value is 0.200. The monoisotopic (exact) mass is 510 g/mol. The number of hydrogen-bond acceptors (Lipinski definition) is 4. The van der Waals surface area contributed by atoms with Gasteiger partial charge in [0.2, 0.25) is 7.59 Å². The Morgan fingerprint density at radius 1 is 0.852 bits per heavy atom. The molecule has 0 saturated carbocycles. The largest absolute Gasteiger partial charge is 0.465 e. The van der Waals surface area contributed by atoms with Crippen molar-refractivity contribution in [1.82, 2.24) is 9.80 Å². The lowest BCUT2D eigenvalue weighted by Gasteiger charge is -2.42. The van der Waals surface area contributed by atoms with E-state index in [4.69, 9.17) is 69.6 Å². The maximum atomic E-state index is 11.7. The molecule has 4 unspecified atom stereocenters. The maximum absolute atomic E-state index is 11.7. The van der Waals surface area contributed by atoms with Crippen LogP contribution in [0.5, 0.6) is 0 Å². The maximum Gasteiger partial charge on any atom is 0.409 e. The van der Waals surface area contributed by atoms with E-state index in [1.807, 2.05) is 0 Å². The second-order valence-electron chi connectivity index (χ2n) is 6.17. The molecule has 0 aliphatic heterocycles. The average molecular weight is 513 g/mol. The molecule has 4 atom stereocenters. The van der Waals surface area contributed by atoms with Crippen LogP contribution in [-0.2, 0) is 0 Å². The molecule has 160 valence electrons. The fourth-order valence-electron chi connectivity index (χ4n) is 2.68. The van der Waals surface area contributed by atoms with Gasteiger partial charge in [-0.3, -0.25) is 9.80 Å². The van der Waals surface area contributed by atoms with Crippen LogP contribution >= 0.6 is 69.6 Å². The van der Waals surface area contributed by atoms with Gasteiger partial charge in [0.05, 0.1) is 0 Å². The highest BCUT2D eigenvalue weighted by molar-refractivity contribution is 6.68. The first kappa shape index (κ1) is 27.2. The molecule has 0 bridgehead atoms. The third kappa shape index (κ3) is 7.85. The van der Waals surface area contributed by atoms with E-state index in [1.165, 1.54) is 6.92 Å². The van der Waals surface area contributed by atoms with E-state index in [0.29, 0.717) is 9.80 Å². The molecule has 14 heteroatoms. The Morgan fingerprint density at radius 2 is 1.26 bits per heavy atom. The number of nitrogens with zero attached hydrogens (tertiary/aromatic N) is 2. The summed E-state index contributed by atoms with van der Waals surface area (Å²) in [7, 11) is 0. The van der Waals surface area contributed by atoms with E-state index in [9.17, 15) is 30.0 Å². The summed E-state index contributed by atoms with van der Waals surface area (Å²) in [5.41, 5.74) is 0. The third-order valence-corrected chi connectivity index (χ3v) is 4.85. The second kappa shape index (κ2) is 10.3. The first-order chi connectivity index (χ1) is 11.9. The molecule has 2 amide bonds. The summed E-state index contributed by atoms with van der Waals surface area (Å²) in [4.78, 5) is 24.1. The zero-order valence-electron chi connectivity index (χ0n) is 14.4. The molecule has 8 nitrogen and oxygen atoms in total. The number of amides is 2. The van der Waals surface area contributed by atoms with E-state index >= 15 is 0 Å². The predicted molar refractivity (Wildman–Crippen MR) is 105 cm³/mol. The molecule has 0 spiro atoms. The lowest BCUT2D eigenvalue weighted by atomic mass is 9.89. The van der Waals surface area contributed by atoms with Crippen LogP contribution in [0.25, 0.3) is 0 Å². The molecule has 4 N–H and O–H groups in total. The highest BCUT2D eigenvalue weighted by Crippen LogP contribution is 2.36. The van der Waals surface area contributed by atoms with E-state index in [0.717, 1.165) is 0 Å². The van der Waals surface area contributed by atoms with Gasteiger partial charge in [-0.15, -0.1) is 0 Å². The molecule has 0 rings (SSSR count). The highest BCUT2D eigenvalue weighted by Gasteiger charge is 2.46. The summed E-state index contributed by atoms with van der Waals surface area (Å²) in [6, 6.07) is -1.02. The van der Waals surface area contributed by atoms with Crippen LogP contribution in [0.15, 0.2) is 0 Å². The molecule has 0 saturated heterocycles. The van der Waals surface area contributed by atoms with Crippen LogP contribution < -0.4 is 0 Å². The number of alkyl halides is 6. The summed E-state index contributed by atoms with van der Waals surface area (Å²) < 4.78 is -4.69. The Kier molecular flexibility index (Phi) is 10.4. The minimum atomic E-state index is -2.35. The molecule has 0 aliphatic rings. The predicted octanol–water partition coefficient (Wildman–Crippen LogP) is 3.98. The molecular formula is C13H20Cl6N2O6. The van der Waals surface area contributed by atoms with Crippen LogP contribution in [0.1, 0.15) is 20.8 Å². The van der Waals surface area contributed by atoms with Gasteiger partial charge in [0.25, 0.3) is 0 Å². The number of aliphatic hydroxyl groups is 2. The Labute approximate surface area is 186 Å². The Morgan fingerprint density at radius 3 is 1.52 bits per heavy atom. The van der Waals surface area contributed by atoms with Gasteiger partial charge in [0.15, 0.2) is 12.5 Å². The summed E-state index contributed by atoms with van der Waals surface area (Å²) in [5.74, 6) is -1.25. The molecule has 0 radical (unpaired) electrons. The molecule has 0 aromatic carbocycles. The summed E-state index contributed by atoms with van der Waals surface area (Å²) in [6.07, 6.45) is -7.26. The van der Waals surface area contributed by atoms with Crippen molar-refractivity contribution in [2.75, 3.05) is 6.54 Å². The van der Waals surface area contributed by atoms with Gasteiger partial charge in [0, 0.05) is 12.6 Å². The first-order valence-corrected chi connectivity index (χ1v) is 9.70. The van der Waals surface area contributed by atoms with E-state index < -0.39 is 56.6 Å². The zero-order chi connectivity index (χ0) is 21.9. The summed E-state index contributed by atoms with van der Waals surface area (Å²) in [6.45, 7) is 4.29. The quantitative estimate of drug-likeness (QED) is 0.302. The van der Waals surface area contributed by atoms with E-state index in [1.54, 1.807) is 13.8 Å². The standard InChI is InChI=1S/C13H20Cl6N2O6/c1-5(2)7(21(11(26)27)9(23)13(17,18)19)6(3)4-20(10(24)25)8(22)12(14,15)16/h5-9,22-23H,4H2,1-3H3,(H,24,25)(H,26,27). The van der Waals surface area contributed by atoms with Crippen molar-refractivity contribution >= 4 is 81.8 Å². The number of rotatable bonds is 7. The SMILES string of the molecule is CC(C)C(C(C)CN(C(=O)O)C(O)C(Cl)(Cl)Cl)N(C(=O)O)C(O)C(Cl)(Cl)Cl. The van der Waals surface area contributed by atoms with Gasteiger partial charge in [0.1, 0.15) is 0 Å². The minimum absolute atomic E-state index is 0.439. The highest BCUT2D eigenvalue weighted by atomic mass is 35.6. The smallest absolute Gasteiger partial charge is 0.409 e. The number of carbonyl (C=O) groups is 2. The number of hydrogen-bond donors (Lipinski definition) is 4. The third-order valence-electron chi connectivity index (χ3n) is 3.68. The Bertz CT molecular complexity index is 526. The van der Waals surface area contributed by atoms with Gasteiger partial charge in [-0.05, 0) is 11.8 Å². The van der Waals surface area contributed by atoms with Crippen molar-refractivity contribution in [3.8, 4) is 0 Å². The lowest BCUT2D eigenvalue weighted by Crippen LogP contribution is -2.58. The normalized spacial score (nSPS) is 17.2. The van der Waals surface area contributed by atoms with Gasteiger partial charge < -0.3 is 20.4 Å². The van der Waals surface area contributed by atoms with Crippen molar-refractivity contribution in [3.63, 3.8) is 0 Å². The fourth-order valence-corrected chi connectivity index (χ4v) is 3.35. The molecule has 0 aliphatic carbocycles. The second-order valence-corrected chi connectivity index (χ2v) is 10.9. The van der Waals surface area contributed by atoms with Crippen molar-refractivity contribution in [2.24, 2.45) is 11.8 Å². The van der Waals surface area contributed by atoms with Crippen molar-refractivity contribution in [2.45, 2.75) is 46.9 Å². The number of aliphatic hydroxyl groups excluding tert-OH is 2. The van der Waals surface area contributed by atoms with Gasteiger partial charge in [-0.25, -0.2) is 9.59 Å². The van der Waals surface area contributed by atoms with E-state index in [-0.39, 0.29) is 0 Å². The number of carboxylic acid groups (broad SMARTS) is 2. The van der Waals surface area contributed by atoms with Crippen LogP contribution in [0.3, 0.4) is 0 Å². The van der Waals surface area contributed by atoms with Crippen molar-refractivity contribution < 1.29 is 30.0 Å². The first-order valence-electron chi connectivity index (χ1n) is 7.43. The average Bonchev–Trinajstić information content (AvgIpc) is 2.45. The van der Waals surface area contributed by atoms with Crippen LogP contribution in [0.4, 0.5) is 9.59 Å². The molecule has 0 aromatic heterocycles. The summed E-state index contributed by atoms with van der Waals surface area (Å²) >= 11 is 33.5. The van der Waals surface area contributed by atoms with Gasteiger partial charge >= 0.3 is 12.2 Å². The molecule has 0 heterocycles.